The van der Waals surface area contributed by atoms with Crippen LogP contribution in [0, 0.1) is 0 Å². The second kappa shape index (κ2) is 4.29. The van der Waals surface area contributed by atoms with Crippen molar-refractivity contribution >= 4 is 27.8 Å². The summed E-state index contributed by atoms with van der Waals surface area (Å²) in [7, 11) is 1.60. The lowest BCUT2D eigenvalue weighted by Crippen LogP contribution is -2.59. The van der Waals surface area contributed by atoms with E-state index in [2.05, 4.69) is 25.8 Å². The van der Waals surface area contributed by atoms with E-state index in [1.165, 1.54) is 4.90 Å². The lowest BCUT2D eigenvalue weighted by Gasteiger charge is -2.43. The number of amides is 1. The topological polar surface area (TPSA) is 56.7 Å². The van der Waals surface area contributed by atoms with E-state index in [4.69, 9.17) is 5.11 Å². The maximum Gasteiger partial charge on any atom is 0.407 e. The Balaban J connectivity index is 1.93. The van der Waals surface area contributed by atoms with Crippen molar-refractivity contribution < 1.29 is 9.90 Å². The Hall–Kier alpha value is -1.30. The zero-order valence-corrected chi connectivity index (χ0v) is 10.4. The van der Waals surface area contributed by atoms with Gasteiger partial charge in [0, 0.05) is 30.8 Å². The number of carboxylic acid groups (broad SMARTS) is 1. The average molecular weight is 286 g/mol. The maximum atomic E-state index is 10.7. The van der Waals surface area contributed by atoms with Gasteiger partial charge in [0.1, 0.15) is 5.82 Å². The smallest absolute Gasteiger partial charge is 0.407 e. The first kappa shape index (κ1) is 11.2. The number of hydrogen-bond acceptors (Lipinski definition) is 3. The molecule has 0 atom stereocenters. The standard InChI is InChI=1S/C10H12BrN3O2/c1-13(10(15)16)8-5-14(6-8)9-3-2-7(11)4-12-9/h2-4,8H,5-6H2,1H3,(H,15,16). The fraction of sp³-hybridized carbons (Fsp3) is 0.400. The van der Waals surface area contributed by atoms with Gasteiger partial charge in [-0.05, 0) is 28.1 Å². The van der Waals surface area contributed by atoms with E-state index in [-0.39, 0.29) is 6.04 Å². The van der Waals surface area contributed by atoms with Gasteiger partial charge >= 0.3 is 6.09 Å². The minimum Gasteiger partial charge on any atom is -0.465 e. The zero-order chi connectivity index (χ0) is 11.7. The van der Waals surface area contributed by atoms with Crippen molar-refractivity contribution in [1.82, 2.24) is 9.88 Å². The lowest BCUT2D eigenvalue weighted by molar-refractivity contribution is 0.129. The molecule has 1 aliphatic heterocycles. The molecule has 0 unspecified atom stereocenters. The highest BCUT2D eigenvalue weighted by Gasteiger charge is 2.32. The minimum atomic E-state index is -0.881. The largest absolute Gasteiger partial charge is 0.465 e. The fourth-order valence-corrected chi connectivity index (χ4v) is 1.83. The molecule has 5 nitrogen and oxygen atoms in total. The Morgan fingerprint density at radius 1 is 1.62 bits per heavy atom. The zero-order valence-electron chi connectivity index (χ0n) is 8.80. The minimum absolute atomic E-state index is 0.0722. The molecule has 0 bridgehead atoms. The average Bonchev–Trinajstić information content (AvgIpc) is 2.18. The SMILES string of the molecule is CN(C(=O)O)C1CN(c2ccc(Br)cn2)C1. The second-order valence-electron chi connectivity index (χ2n) is 3.79. The van der Waals surface area contributed by atoms with E-state index in [9.17, 15) is 4.79 Å². The van der Waals surface area contributed by atoms with Gasteiger partial charge in [-0.2, -0.15) is 0 Å². The van der Waals surface area contributed by atoms with Gasteiger partial charge in [0.05, 0.1) is 6.04 Å². The summed E-state index contributed by atoms with van der Waals surface area (Å²) in [6.45, 7) is 1.41. The van der Waals surface area contributed by atoms with Crippen molar-refractivity contribution in [2.45, 2.75) is 6.04 Å². The fourth-order valence-electron chi connectivity index (χ4n) is 1.60. The Bertz CT molecular complexity index is 390. The van der Waals surface area contributed by atoms with Crippen molar-refractivity contribution in [2.24, 2.45) is 0 Å². The van der Waals surface area contributed by atoms with Crippen LogP contribution in [-0.4, -0.2) is 47.3 Å². The third kappa shape index (κ3) is 2.11. The third-order valence-corrected chi connectivity index (χ3v) is 3.22. The molecule has 2 heterocycles. The van der Waals surface area contributed by atoms with Crippen molar-refractivity contribution in [3.8, 4) is 0 Å². The summed E-state index contributed by atoms with van der Waals surface area (Å²) in [6, 6.07) is 3.92. The van der Waals surface area contributed by atoms with E-state index < -0.39 is 6.09 Å². The Morgan fingerprint density at radius 2 is 2.31 bits per heavy atom. The number of aromatic nitrogens is 1. The van der Waals surface area contributed by atoms with E-state index in [0.717, 1.165) is 10.3 Å². The molecule has 2 rings (SSSR count). The summed E-state index contributed by atoms with van der Waals surface area (Å²) >= 11 is 3.32. The van der Waals surface area contributed by atoms with Gasteiger partial charge in [0.25, 0.3) is 0 Å². The Labute approximate surface area is 102 Å². The molecule has 1 fully saturated rings. The molecular formula is C10H12BrN3O2. The van der Waals surface area contributed by atoms with Crippen LogP contribution in [0.15, 0.2) is 22.8 Å². The van der Waals surface area contributed by atoms with Crippen molar-refractivity contribution in [3.05, 3.63) is 22.8 Å². The van der Waals surface area contributed by atoms with Crippen LogP contribution in [0.2, 0.25) is 0 Å². The summed E-state index contributed by atoms with van der Waals surface area (Å²) in [5.41, 5.74) is 0. The van der Waals surface area contributed by atoms with E-state index in [1.54, 1.807) is 13.2 Å². The van der Waals surface area contributed by atoms with Gasteiger partial charge in [-0.3, -0.25) is 0 Å². The van der Waals surface area contributed by atoms with Gasteiger partial charge < -0.3 is 14.9 Å². The van der Waals surface area contributed by atoms with Crippen LogP contribution in [0.4, 0.5) is 10.6 Å². The number of halogens is 1. The molecular weight excluding hydrogens is 274 g/mol. The first-order valence-electron chi connectivity index (χ1n) is 4.90. The molecule has 6 heteroatoms. The first-order valence-corrected chi connectivity index (χ1v) is 5.69. The van der Waals surface area contributed by atoms with Crippen molar-refractivity contribution in [2.75, 3.05) is 25.0 Å². The normalized spacial score (nSPS) is 15.8. The van der Waals surface area contributed by atoms with E-state index in [0.29, 0.717) is 13.1 Å². The predicted molar refractivity (Wildman–Crippen MR) is 63.7 cm³/mol. The molecule has 0 aliphatic carbocycles. The Kier molecular flexibility index (Phi) is 3.00. The first-order chi connectivity index (χ1) is 7.58. The highest BCUT2D eigenvalue weighted by molar-refractivity contribution is 9.10. The van der Waals surface area contributed by atoms with Crippen LogP contribution in [0.25, 0.3) is 0 Å². The summed E-state index contributed by atoms with van der Waals surface area (Å²) < 4.78 is 0.941. The number of rotatable bonds is 2. The lowest BCUT2D eigenvalue weighted by atomic mass is 10.1. The number of pyridine rings is 1. The molecule has 0 spiro atoms. The highest BCUT2D eigenvalue weighted by Crippen LogP contribution is 2.22. The third-order valence-electron chi connectivity index (χ3n) is 2.75. The molecule has 1 aromatic heterocycles. The van der Waals surface area contributed by atoms with Gasteiger partial charge in [-0.1, -0.05) is 0 Å². The van der Waals surface area contributed by atoms with Crippen LogP contribution in [0.3, 0.4) is 0 Å². The highest BCUT2D eigenvalue weighted by atomic mass is 79.9. The molecule has 1 amide bonds. The number of nitrogens with zero attached hydrogens (tertiary/aromatic N) is 3. The molecule has 0 saturated carbocycles. The van der Waals surface area contributed by atoms with Crippen LogP contribution in [0.5, 0.6) is 0 Å². The second-order valence-corrected chi connectivity index (χ2v) is 4.70. The summed E-state index contributed by atoms with van der Waals surface area (Å²) in [5, 5.41) is 8.80. The molecule has 16 heavy (non-hydrogen) atoms. The maximum absolute atomic E-state index is 10.7. The van der Waals surface area contributed by atoms with Gasteiger partial charge in [-0.25, -0.2) is 9.78 Å². The quantitative estimate of drug-likeness (QED) is 0.898. The molecule has 1 aromatic rings. The van der Waals surface area contributed by atoms with E-state index in [1.807, 2.05) is 12.1 Å². The van der Waals surface area contributed by atoms with Gasteiger partial charge in [0.15, 0.2) is 0 Å². The molecule has 0 radical (unpaired) electrons. The monoisotopic (exact) mass is 285 g/mol. The van der Waals surface area contributed by atoms with Gasteiger partial charge in [-0.15, -0.1) is 0 Å². The Morgan fingerprint density at radius 3 is 2.81 bits per heavy atom. The van der Waals surface area contributed by atoms with Gasteiger partial charge in [0.2, 0.25) is 0 Å². The molecule has 1 N–H and O–H groups in total. The van der Waals surface area contributed by atoms with E-state index >= 15 is 0 Å². The van der Waals surface area contributed by atoms with Crippen molar-refractivity contribution in [1.29, 1.82) is 0 Å². The van der Waals surface area contributed by atoms with Crippen LogP contribution in [0.1, 0.15) is 0 Å². The molecule has 86 valence electrons. The summed E-state index contributed by atoms with van der Waals surface area (Å²) in [4.78, 5) is 18.4. The summed E-state index contributed by atoms with van der Waals surface area (Å²) in [5.74, 6) is 0.887. The number of carbonyl (C=O) groups is 1. The number of likely N-dealkylation sites (N-methyl/N-ethyl adjacent to an activating group) is 1. The predicted octanol–water partition coefficient (Wildman–Crippen LogP) is 1.64. The number of hydrogen-bond donors (Lipinski definition) is 1. The van der Waals surface area contributed by atoms with Crippen LogP contribution < -0.4 is 4.90 Å². The molecule has 1 saturated heterocycles. The molecule has 0 aromatic carbocycles. The molecule has 1 aliphatic rings. The van der Waals surface area contributed by atoms with Crippen LogP contribution >= 0.6 is 15.9 Å². The van der Waals surface area contributed by atoms with Crippen LogP contribution in [-0.2, 0) is 0 Å². The van der Waals surface area contributed by atoms with Crippen molar-refractivity contribution in [3.63, 3.8) is 0 Å². The number of anilines is 1. The summed E-state index contributed by atoms with van der Waals surface area (Å²) in [6.07, 6.45) is 0.859.